The summed E-state index contributed by atoms with van der Waals surface area (Å²) in [6.07, 6.45) is 0.574. The topological polar surface area (TPSA) is 85.4 Å². The Kier molecular flexibility index (Phi) is 10.1. The lowest BCUT2D eigenvalue weighted by atomic mass is 9.83. The number of hydrogen-bond donors (Lipinski definition) is 0. The smallest absolute Gasteiger partial charge is 0.336 e. The number of nitrogens with zero attached hydrogens (tertiary/aromatic N) is 2. The molecule has 0 N–H and O–H groups in total. The van der Waals surface area contributed by atoms with Crippen molar-refractivity contribution in [2.75, 3.05) is 41.0 Å². The van der Waals surface area contributed by atoms with Crippen molar-refractivity contribution < 1.29 is 28.6 Å². The Labute approximate surface area is 233 Å². The Morgan fingerprint density at radius 1 is 1.05 bits per heavy atom. The lowest BCUT2D eigenvalue weighted by molar-refractivity contribution is -0.142. The molecule has 0 fully saturated rings. The number of hydrogen-bond acceptors (Lipinski definition) is 6. The number of rotatable bonds is 10. The van der Waals surface area contributed by atoms with Crippen molar-refractivity contribution in [1.29, 1.82) is 0 Å². The van der Waals surface area contributed by atoms with E-state index < -0.39 is 11.9 Å². The van der Waals surface area contributed by atoms with Gasteiger partial charge in [0.15, 0.2) is 11.5 Å². The molecule has 1 aliphatic rings. The highest BCUT2D eigenvalue weighted by molar-refractivity contribution is 6.42. The summed E-state index contributed by atoms with van der Waals surface area (Å²) in [5, 5.41) is 0.700. The number of likely N-dealkylation sites (N-methyl/N-ethyl adjacent to an activating group) is 1. The van der Waals surface area contributed by atoms with Crippen LogP contribution in [-0.2, 0) is 25.5 Å². The lowest BCUT2D eigenvalue weighted by Gasteiger charge is -2.35. The van der Waals surface area contributed by atoms with Gasteiger partial charge >= 0.3 is 5.97 Å². The predicted octanol–water partition coefficient (Wildman–Crippen LogP) is 4.86. The maximum atomic E-state index is 13.2. The quantitative estimate of drug-likeness (QED) is 0.384. The fourth-order valence-corrected chi connectivity index (χ4v) is 4.71. The third kappa shape index (κ3) is 6.60. The molecule has 2 aromatic rings. The number of carbonyl (C=O) groups excluding carboxylic acids is 3. The van der Waals surface area contributed by atoms with E-state index >= 15 is 0 Å². The first-order valence-corrected chi connectivity index (χ1v) is 12.9. The molecule has 204 valence electrons. The number of ether oxygens (including phenoxy) is 3. The monoisotopic (exact) mass is 562 g/mol. The summed E-state index contributed by atoms with van der Waals surface area (Å²) in [7, 11) is 4.82. The van der Waals surface area contributed by atoms with Gasteiger partial charge in [-0.05, 0) is 55.7 Å². The van der Waals surface area contributed by atoms with Gasteiger partial charge in [-0.25, -0.2) is 4.79 Å². The van der Waals surface area contributed by atoms with Crippen molar-refractivity contribution in [2.45, 2.75) is 32.6 Å². The first-order valence-electron chi connectivity index (χ1n) is 12.2. The molecule has 1 heterocycles. The Hall–Kier alpha value is -3.23. The molecule has 1 aliphatic heterocycles. The van der Waals surface area contributed by atoms with Gasteiger partial charge in [-0.1, -0.05) is 35.3 Å². The van der Waals surface area contributed by atoms with Crippen LogP contribution >= 0.6 is 23.2 Å². The van der Waals surface area contributed by atoms with Crippen LogP contribution in [0.4, 0.5) is 0 Å². The molecule has 3 rings (SSSR count). The van der Waals surface area contributed by atoms with Crippen LogP contribution < -0.4 is 9.47 Å². The van der Waals surface area contributed by atoms with Gasteiger partial charge in [0, 0.05) is 31.6 Å². The summed E-state index contributed by atoms with van der Waals surface area (Å²) in [6, 6.07) is 10.6. The maximum Gasteiger partial charge on any atom is 0.336 e. The van der Waals surface area contributed by atoms with Crippen molar-refractivity contribution in [2.24, 2.45) is 0 Å². The maximum absolute atomic E-state index is 13.2. The van der Waals surface area contributed by atoms with E-state index in [9.17, 15) is 14.4 Å². The Bertz CT molecular complexity index is 1250. The van der Waals surface area contributed by atoms with Crippen LogP contribution in [0.25, 0.3) is 0 Å². The zero-order valence-electron chi connectivity index (χ0n) is 22.2. The minimum Gasteiger partial charge on any atom is -0.493 e. The third-order valence-corrected chi connectivity index (χ3v) is 7.31. The fraction of sp³-hybridized carbons (Fsp3) is 0.393. The van der Waals surface area contributed by atoms with E-state index in [4.69, 9.17) is 37.4 Å². The van der Waals surface area contributed by atoms with Crippen LogP contribution in [0.5, 0.6) is 11.5 Å². The molecule has 1 unspecified atom stereocenters. The van der Waals surface area contributed by atoms with Crippen molar-refractivity contribution >= 4 is 41.0 Å². The number of esters is 1. The third-order valence-electron chi connectivity index (χ3n) is 6.57. The molecule has 0 saturated heterocycles. The highest BCUT2D eigenvalue weighted by atomic mass is 35.5. The summed E-state index contributed by atoms with van der Waals surface area (Å²) < 4.78 is 15.9. The van der Waals surface area contributed by atoms with Crippen molar-refractivity contribution in [3.8, 4) is 11.5 Å². The van der Waals surface area contributed by atoms with Crippen molar-refractivity contribution in [3.05, 3.63) is 68.8 Å². The molecular weight excluding hydrogens is 531 g/mol. The van der Waals surface area contributed by atoms with Gasteiger partial charge in [-0.15, -0.1) is 0 Å². The molecule has 1 atom stereocenters. The Morgan fingerprint density at radius 2 is 1.76 bits per heavy atom. The van der Waals surface area contributed by atoms with E-state index in [0.29, 0.717) is 51.3 Å². The highest BCUT2D eigenvalue weighted by Gasteiger charge is 2.38. The molecule has 0 radical (unpaired) electrons. The van der Waals surface area contributed by atoms with Crippen LogP contribution in [0.15, 0.2) is 47.7 Å². The first-order chi connectivity index (χ1) is 18.1. The molecule has 0 bridgehead atoms. The highest BCUT2D eigenvalue weighted by Crippen LogP contribution is 2.39. The normalized spacial score (nSPS) is 15.4. The van der Waals surface area contributed by atoms with E-state index in [0.717, 1.165) is 5.56 Å². The molecule has 0 aliphatic carbocycles. The molecule has 10 heteroatoms. The number of halogens is 2. The molecule has 2 amide bonds. The standard InChI is InChI=1S/C28H32Cl2N2O6/c1-6-38-28(35)27-17(2)32(25(33)15-20(27)19-8-9-21(29)22(30)14-19)16-26(34)31(3)12-11-18-7-10-23(36-4)24(13-18)37-5/h7-10,13-14,20H,6,11-12,15-16H2,1-5H3. The van der Waals surface area contributed by atoms with Crippen LogP contribution in [-0.4, -0.2) is 68.5 Å². The summed E-state index contributed by atoms with van der Waals surface area (Å²) in [5.74, 6) is -0.384. The SMILES string of the molecule is CCOC(=O)C1=C(C)N(CC(=O)N(C)CCc2ccc(OC)c(OC)c2)C(=O)CC1c1ccc(Cl)c(Cl)c1. The lowest BCUT2D eigenvalue weighted by Crippen LogP contribution is -2.45. The molecule has 2 aromatic carbocycles. The summed E-state index contributed by atoms with van der Waals surface area (Å²) >= 11 is 12.3. The van der Waals surface area contributed by atoms with Crippen LogP contribution in [0.2, 0.25) is 10.0 Å². The average Bonchev–Trinajstić information content (AvgIpc) is 2.90. The van der Waals surface area contributed by atoms with Gasteiger partial charge in [0.25, 0.3) is 0 Å². The van der Waals surface area contributed by atoms with Gasteiger partial charge < -0.3 is 24.0 Å². The van der Waals surface area contributed by atoms with E-state index in [2.05, 4.69) is 0 Å². The molecule has 38 heavy (non-hydrogen) atoms. The molecule has 0 aromatic heterocycles. The van der Waals surface area contributed by atoms with Gasteiger partial charge in [-0.2, -0.15) is 0 Å². The van der Waals surface area contributed by atoms with Crippen LogP contribution in [0.1, 0.15) is 37.3 Å². The minimum absolute atomic E-state index is 0.00785. The molecule has 0 spiro atoms. The van der Waals surface area contributed by atoms with Gasteiger partial charge in [0.05, 0.1) is 36.4 Å². The number of amides is 2. The van der Waals surface area contributed by atoms with Gasteiger partial charge in [-0.3, -0.25) is 9.59 Å². The number of benzene rings is 2. The van der Waals surface area contributed by atoms with Crippen LogP contribution in [0, 0.1) is 0 Å². The predicted molar refractivity (Wildman–Crippen MR) is 146 cm³/mol. The van der Waals surface area contributed by atoms with Crippen molar-refractivity contribution in [1.82, 2.24) is 9.80 Å². The van der Waals surface area contributed by atoms with Crippen molar-refractivity contribution in [3.63, 3.8) is 0 Å². The zero-order valence-corrected chi connectivity index (χ0v) is 23.7. The summed E-state index contributed by atoms with van der Waals surface area (Å²) in [6.45, 7) is 3.78. The molecular formula is C28H32Cl2N2O6. The number of carbonyl (C=O) groups is 3. The number of methoxy groups -OCH3 is 2. The second-order valence-corrected chi connectivity index (χ2v) is 9.70. The Balaban J connectivity index is 1.79. The summed E-state index contributed by atoms with van der Waals surface area (Å²) in [5.41, 5.74) is 2.36. The Morgan fingerprint density at radius 3 is 2.39 bits per heavy atom. The first kappa shape index (κ1) is 29.3. The van der Waals surface area contributed by atoms with E-state index in [1.54, 1.807) is 58.2 Å². The molecule has 0 saturated carbocycles. The second-order valence-electron chi connectivity index (χ2n) is 8.88. The average molecular weight is 563 g/mol. The van der Waals surface area contributed by atoms with E-state index in [1.807, 2.05) is 18.2 Å². The van der Waals surface area contributed by atoms with E-state index in [1.165, 1.54) is 4.90 Å². The fourth-order valence-electron chi connectivity index (χ4n) is 4.40. The van der Waals surface area contributed by atoms with Crippen LogP contribution in [0.3, 0.4) is 0 Å². The summed E-state index contributed by atoms with van der Waals surface area (Å²) in [4.78, 5) is 42.2. The van der Waals surface area contributed by atoms with E-state index in [-0.39, 0.29) is 31.4 Å². The zero-order chi connectivity index (χ0) is 28.0. The van der Waals surface area contributed by atoms with Gasteiger partial charge in [0.2, 0.25) is 11.8 Å². The minimum atomic E-state index is -0.564. The molecule has 8 nitrogen and oxygen atoms in total. The largest absolute Gasteiger partial charge is 0.493 e. The van der Waals surface area contributed by atoms with Gasteiger partial charge in [0.1, 0.15) is 6.54 Å². The number of allylic oxidation sites excluding steroid dienone is 1. The second kappa shape index (κ2) is 13.0.